The standard InChI is InChI=1S/C21H31N3O.ClH/c1-3-4-13-24(18-9-5-6-10-18)14-12-22-20-16-19(25-2)15-17-8-7-11-23-21(17)20;/h7-8,11,15-16,18,22H,3-6,9-10,12-14H2,1-2H3;1H. The van der Waals surface area contributed by atoms with E-state index in [1.165, 1.54) is 45.1 Å². The number of benzene rings is 1. The summed E-state index contributed by atoms with van der Waals surface area (Å²) in [6.45, 7) is 5.54. The molecule has 5 heteroatoms. The van der Waals surface area contributed by atoms with Gasteiger partial charge in [0.25, 0.3) is 0 Å². The first-order valence-corrected chi connectivity index (χ1v) is 9.72. The Labute approximate surface area is 163 Å². The van der Waals surface area contributed by atoms with Crippen LogP contribution in [0.4, 0.5) is 5.69 Å². The Bertz CT molecular complexity index is 673. The van der Waals surface area contributed by atoms with Crippen LogP contribution in [0, 0.1) is 0 Å². The summed E-state index contributed by atoms with van der Waals surface area (Å²) >= 11 is 0. The second-order valence-corrected chi connectivity index (χ2v) is 7.00. The number of halogens is 1. The first-order chi connectivity index (χ1) is 12.3. The van der Waals surface area contributed by atoms with Crippen LogP contribution < -0.4 is 10.1 Å². The van der Waals surface area contributed by atoms with Crippen LogP contribution in [-0.4, -0.2) is 42.7 Å². The van der Waals surface area contributed by atoms with Gasteiger partial charge in [0.2, 0.25) is 0 Å². The molecular formula is C21H32ClN3O. The molecule has 1 fully saturated rings. The van der Waals surface area contributed by atoms with Crippen LogP contribution in [0.15, 0.2) is 30.5 Å². The number of fused-ring (bicyclic) bond motifs is 1. The molecule has 4 nitrogen and oxygen atoms in total. The Hall–Kier alpha value is -1.52. The smallest absolute Gasteiger partial charge is 0.121 e. The Morgan fingerprint density at radius 3 is 2.77 bits per heavy atom. The average Bonchev–Trinajstić information content (AvgIpc) is 3.18. The van der Waals surface area contributed by atoms with Gasteiger partial charge < -0.3 is 10.1 Å². The normalized spacial score (nSPS) is 14.6. The van der Waals surface area contributed by atoms with E-state index in [4.69, 9.17) is 4.74 Å². The number of nitrogens with zero attached hydrogens (tertiary/aromatic N) is 2. The molecule has 0 bridgehead atoms. The number of ether oxygens (including phenoxy) is 1. The number of pyridine rings is 1. The van der Waals surface area contributed by atoms with Crippen molar-refractivity contribution < 1.29 is 4.74 Å². The average molecular weight is 378 g/mol. The molecule has 0 atom stereocenters. The van der Waals surface area contributed by atoms with Crippen molar-refractivity contribution in [1.29, 1.82) is 0 Å². The number of rotatable bonds is 9. The second-order valence-electron chi connectivity index (χ2n) is 7.00. The SMILES string of the molecule is CCCCN(CCNc1cc(OC)cc2cccnc12)C1CCCC1.Cl. The van der Waals surface area contributed by atoms with Crippen LogP contribution in [0.25, 0.3) is 10.9 Å². The maximum absolute atomic E-state index is 5.45. The molecule has 1 N–H and O–H groups in total. The van der Waals surface area contributed by atoms with Crippen LogP contribution in [0.3, 0.4) is 0 Å². The quantitative estimate of drug-likeness (QED) is 0.657. The van der Waals surface area contributed by atoms with Gasteiger partial charge in [0.05, 0.1) is 18.3 Å². The highest BCUT2D eigenvalue weighted by atomic mass is 35.5. The first kappa shape index (κ1) is 20.8. The third-order valence-electron chi connectivity index (χ3n) is 5.27. The zero-order valence-corrected chi connectivity index (χ0v) is 16.9. The third-order valence-corrected chi connectivity index (χ3v) is 5.27. The van der Waals surface area contributed by atoms with Gasteiger partial charge in [-0.05, 0) is 37.9 Å². The van der Waals surface area contributed by atoms with E-state index in [0.29, 0.717) is 0 Å². The van der Waals surface area contributed by atoms with Crippen molar-refractivity contribution in [3.63, 3.8) is 0 Å². The molecule has 0 unspecified atom stereocenters. The van der Waals surface area contributed by atoms with Crippen molar-refractivity contribution in [1.82, 2.24) is 9.88 Å². The predicted molar refractivity (Wildman–Crippen MR) is 113 cm³/mol. The van der Waals surface area contributed by atoms with Crippen molar-refractivity contribution in [2.24, 2.45) is 0 Å². The molecule has 1 heterocycles. The van der Waals surface area contributed by atoms with Gasteiger partial charge in [-0.1, -0.05) is 32.3 Å². The molecule has 0 aliphatic heterocycles. The molecule has 1 saturated carbocycles. The van der Waals surface area contributed by atoms with Crippen LogP contribution >= 0.6 is 12.4 Å². The molecule has 1 aliphatic rings. The zero-order valence-electron chi connectivity index (χ0n) is 16.0. The van der Waals surface area contributed by atoms with Gasteiger partial charge in [-0.15, -0.1) is 12.4 Å². The fraction of sp³-hybridized carbons (Fsp3) is 0.571. The predicted octanol–water partition coefficient (Wildman–Crippen LogP) is 5.12. The number of nitrogens with one attached hydrogen (secondary N) is 1. The molecule has 0 radical (unpaired) electrons. The van der Waals surface area contributed by atoms with Crippen molar-refractivity contribution in [3.05, 3.63) is 30.5 Å². The number of anilines is 1. The van der Waals surface area contributed by atoms with Crippen molar-refractivity contribution in [3.8, 4) is 5.75 Å². The molecule has 1 aromatic carbocycles. The van der Waals surface area contributed by atoms with E-state index in [2.05, 4.69) is 34.3 Å². The maximum Gasteiger partial charge on any atom is 0.121 e. The first-order valence-electron chi connectivity index (χ1n) is 9.72. The highest BCUT2D eigenvalue weighted by Gasteiger charge is 2.21. The van der Waals surface area contributed by atoms with Crippen LogP contribution in [-0.2, 0) is 0 Å². The Morgan fingerprint density at radius 1 is 1.23 bits per heavy atom. The lowest BCUT2D eigenvalue weighted by Crippen LogP contribution is -2.37. The Morgan fingerprint density at radius 2 is 2.04 bits per heavy atom. The minimum absolute atomic E-state index is 0. The van der Waals surface area contributed by atoms with Gasteiger partial charge in [-0.25, -0.2) is 0 Å². The summed E-state index contributed by atoms with van der Waals surface area (Å²) in [5.74, 6) is 0.877. The van der Waals surface area contributed by atoms with E-state index in [9.17, 15) is 0 Å². The van der Waals surface area contributed by atoms with Crippen molar-refractivity contribution >= 4 is 29.0 Å². The molecule has 144 valence electrons. The summed E-state index contributed by atoms with van der Waals surface area (Å²) in [7, 11) is 1.72. The summed E-state index contributed by atoms with van der Waals surface area (Å²) in [6.07, 6.45) is 9.93. The van der Waals surface area contributed by atoms with E-state index >= 15 is 0 Å². The maximum atomic E-state index is 5.45. The van der Waals surface area contributed by atoms with Crippen LogP contribution in [0.5, 0.6) is 5.75 Å². The number of unbranched alkanes of at least 4 members (excludes halogenated alkanes) is 1. The summed E-state index contributed by atoms with van der Waals surface area (Å²) in [5, 5.41) is 4.72. The van der Waals surface area contributed by atoms with Gasteiger partial charge in [-0.2, -0.15) is 0 Å². The summed E-state index contributed by atoms with van der Waals surface area (Å²) < 4.78 is 5.45. The van der Waals surface area contributed by atoms with Crippen molar-refractivity contribution in [2.45, 2.75) is 51.5 Å². The van der Waals surface area contributed by atoms with Gasteiger partial charge in [0.15, 0.2) is 0 Å². The van der Waals surface area contributed by atoms with Gasteiger partial charge >= 0.3 is 0 Å². The van der Waals surface area contributed by atoms with E-state index in [-0.39, 0.29) is 12.4 Å². The van der Waals surface area contributed by atoms with Crippen molar-refractivity contribution in [2.75, 3.05) is 32.1 Å². The van der Waals surface area contributed by atoms with E-state index in [0.717, 1.165) is 41.5 Å². The van der Waals surface area contributed by atoms with Crippen LogP contribution in [0.1, 0.15) is 45.4 Å². The van der Waals surface area contributed by atoms with E-state index in [1.54, 1.807) is 7.11 Å². The minimum atomic E-state index is 0. The topological polar surface area (TPSA) is 37.4 Å². The largest absolute Gasteiger partial charge is 0.497 e. The number of hydrogen-bond acceptors (Lipinski definition) is 4. The highest BCUT2D eigenvalue weighted by Crippen LogP contribution is 2.28. The number of aromatic nitrogens is 1. The highest BCUT2D eigenvalue weighted by molar-refractivity contribution is 5.91. The molecule has 1 aromatic heterocycles. The number of methoxy groups -OCH3 is 1. The summed E-state index contributed by atoms with van der Waals surface area (Å²) in [6, 6.07) is 8.94. The second kappa shape index (κ2) is 10.6. The number of hydrogen-bond donors (Lipinski definition) is 1. The monoisotopic (exact) mass is 377 g/mol. The van der Waals surface area contributed by atoms with Gasteiger partial charge in [-0.3, -0.25) is 9.88 Å². The van der Waals surface area contributed by atoms with E-state index in [1.807, 2.05) is 18.3 Å². The molecule has 2 aromatic rings. The molecule has 0 saturated heterocycles. The molecular weight excluding hydrogens is 346 g/mol. The Balaban J connectivity index is 0.00000243. The molecule has 0 amide bonds. The lowest BCUT2D eigenvalue weighted by Gasteiger charge is -2.29. The molecule has 26 heavy (non-hydrogen) atoms. The minimum Gasteiger partial charge on any atom is -0.497 e. The van der Waals surface area contributed by atoms with E-state index < -0.39 is 0 Å². The van der Waals surface area contributed by atoms with Crippen LogP contribution in [0.2, 0.25) is 0 Å². The third kappa shape index (κ3) is 5.24. The molecule has 0 spiro atoms. The lowest BCUT2D eigenvalue weighted by atomic mass is 10.1. The fourth-order valence-electron chi connectivity index (χ4n) is 3.86. The summed E-state index contributed by atoms with van der Waals surface area (Å²) in [4.78, 5) is 7.24. The molecule has 1 aliphatic carbocycles. The lowest BCUT2D eigenvalue weighted by molar-refractivity contribution is 0.203. The summed E-state index contributed by atoms with van der Waals surface area (Å²) in [5.41, 5.74) is 2.08. The fourth-order valence-corrected chi connectivity index (χ4v) is 3.86. The zero-order chi connectivity index (χ0) is 17.5. The van der Waals surface area contributed by atoms with Gasteiger partial charge in [0.1, 0.15) is 5.75 Å². The Kier molecular flexibility index (Phi) is 8.46. The van der Waals surface area contributed by atoms with Gasteiger partial charge in [0, 0.05) is 36.8 Å². The molecule has 3 rings (SSSR count).